The molecule has 0 saturated heterocycles. The second kappa shape index (κ2) is 19.9. The van der Waals surface area contributed by atoms with E-state index in [0.29, 0.717) is 11.3 Å². The van der Waals surface area contributed by atoms with Crippen LogP contribution < -0.4 is 21.3 Å². The number of imidazole rings is 1. The van der Waals surface area contributed by atoms with Gasteiger partial charge in [0.1, 0.15) is 24.5 Å². The number of nitrogens with zero attached hydrogens (tertiary/aromatic N) is 1. The Morgan fingerprint density at radius 1 is 0.789 bits per heavy atom. The predicted octanol–water partition coefficient (Wildman–Crippen LogP) is 6.20. The Bertz CT molecular complexity index is 2140. The van der Waals surface area contributed by atoms with Crippen LogP contribution >= 0.6 is 7.37 Å². The standard InChI is InChI=1S/C43H49N6O7P/c50-40(33-18-8-3-9-19-33)46-29-57(54,55)39(23-30-13-4-1-5-14-30)49-42(52)38(25-35-26-44-28-45-35)47-41(51)37(48-43(53)56-27-31-15-6-2-7-16-31)24-34-21-12-20-32-17-10-11-22-36(32)34/h2-3,6-12,15-22,26,28,30,37-39H,1,4-5,13-14,23-25,27,29H2,(H,44,45)(H,46,50)(H,47,51)(H,48,53)(H,49,52)(H,54,55)/t37?,38-,39?/m0/s1. The largest absolute Gasteiger partial charge is 0.445 e. The topological polar surface area (TPSA) is 192 Å². The highest BCUT2D eigenvalue weighted by Gasteiger charge is 2.37. The van der Waals surface area contributed by atoms with Crippen molar-refractivity contribution in [1.82, 2.24) is 31.2 Å². The zero-order valence-electron chi connectivity index (χ0n) is 31.6. The van der Waals surface area contributed by atoms with Crippen molar-refractivity contribution in [2.45, 2.75) is 75.8 Å². The van der Waals surface area contributed by atoms with Crippen LogP contribution in [0.5, 0.6) is 0 Å². The van der Waals surface area contributed by atoms with Gasteiger partial charge in [-0.2, -0.15) is 0 Å². The summed E-state index contributed by atoms with van der Waals surface area (Å²) in [4.78, 5) is 73.2. The first-order valence-electron chi connectivity index (χ1n) is 19.3. The first-order chi connectivity index (χ1) is 27.6. The number of hydrogen-bond donors (Lipinski definition) is 6. The Kier molecular flexibility index (Phi) is 14.3. The summed E-state index contributed by atoms with van der Waals surface area (Å²) < 4.78 is 19.6. The number of nitrogens with one attached hydrogen (secondary N) is 5. The maximum Gasteiger partial charge on any atom is 0.408 e. The van der Waals surface area contributed by atoms with Crippen molar-refractivity contribution in [3.8, 4) is 0 Å². The third-order valence-electron chi connectivity index (χ3n) is 10.3. The molecule has 13 nitrogen and oxygen atoms in total. The number of carbonyl (C=O) groups is 4. The molecule has 0 spiro atoms. The molecule has 1 aromatic heterocycles. The van der Waals surface area contributed by atoms with Crippen molar-refractivity contribution < 1.29 is 33.4 Å². The fraction of sp³-hybridized carbons (Fsp3) is 0.326. The molecule has 14 heteroatoms. The number of rotatable bonds is 17. The summed E-state index contributed by atoms with van der Waals surface area (Å²) in [5.74, 6) is -2.98. The van der Waals surface area contributed by atoms with E-state index >= 15 is 0 Å². The maximum atomic E-state index is 14.3. The van der Waals surface area contributed by atoms with Gasteiger partial charge in [-0.1, -0.05) is 123 Å². The van der Waals surface area contributed by atoms with E-state index in [2.05, 4.69) is 31.2 Å². The van der Waals surface area contributed by atoms with Crippen LogP contribution in [0.4, 0.5) is 4.79 Å². The zero-order chi connectivity index (χ0) is 40.0. The molecule has 6 N–H and O–H groups in total. The lowest BCUT2D eigenvalue weighted by atomic mass is 9.87. The van der Waals surface area contributed by atoms with Gasteiger partial charge in [0.25, 0.3) is 5.91 Å². The maximum absolute atomic E-state index is 14.3. The lowest BCUT2D eigenvalue weighted by molar-refractivity contribution is -0.130. The summed E-state index contributed by atoms with van der Waals surface area (Å²) in [5, 5.41) is 12.8. The molecule has 4 amide bonds. The third-order valence-corrected chi connectivity index (χ3v) is 12.2. The average Bonchev–Trinajstić information content (AvgIpc) is 3.76. The van der Waals surface area contributed by atoms with Crippen LogP contribution in [0.1, 0.15) is 65.7 Å². The lowest BCUT2D eigenvalue weighted by Crippen LogP contribution is -2.56. The molecule has 298 valence electrons. The van der Waals surface area contributed by atoms with Gasteiger partial charge >= 0.3 is 6.09 Å². The summed E-state index contributed by atoms with van der Waals surface area (Å²) in [6.45, 7) is -0.0183. The van der Waals surface area contributed by atoms with Crippen LogP contribution in [0.3, 0.4) is 0 Å². The average molecular weight is 793 g/mol. The number of hydrogen-bond acceptors (Lipinski definition) is 7. The number of amides is 4. The molecule has 57 heavy (non-hydrogen) atoms. The second-order valence-electron chi connectivity index (χ2n) is 14.5. The zero-order valence-corrected chi connectivity index (χ0v) is 32.5. The van der Waals surface area contributed by atoms with Crippen LogP contribution in [0.15, 0.2) is 116 Å². The van der Waals surface area contributed by atoms with Gasteiger partial charge in [-0.15, -0.1) is 0 Å². The van der Waals surface area contributed by atoms with Gasteiger partial charge in [-0.3, -0.25) is 18.9 Å². The Hall–Kier alpha value is -5.78. The van der Waals surface area contributed by atoms with Gasteiger partial charge in [0.15, 0.2) is 0 Å². The van der Waals surface area contributed by atoms with Crippen molar-refractivity contribution in [2.24, 2.45) is 5.92 Å². The number of alkyl carbamates (subject to hydrolysis) is 1. The highest BCUT2D eigenvalue weighted by atomic mass is 31.2. The van der Waals surface area contributed by atoms with Crippen molar-refractivity contribution in [2.75, 3.05) is 6.29 Å². The molecule has 3 unspecified atom stereocenters. The second-order valence-corrected chi connectivity index (χ2v) is 16.9. The van der Waals surface area contributed by atoms with Gasteiger partial charge in [-0.05, 0) is 46.4 Å². The van der Waals surface area contributed by atoms with Crippen molar-refractivity contribution in [3.63, 3.8) is 0 Å². The van der Waals surface area contributed by atoms with Gasteiger partial charge in [0.2, 0.25) is 19.2 Å². The van der Waals surface area contributed by atoms with Gasteiger partial charge in [-0.25, -0.2) is 9.78 Å². The molecular weight excluding hydrogens is 743 g/mol. The van der Waals surface area contributed by atoms with Crippen LogP contribution in [0.2, 0.25) is 0 Å². The highest BCUT2D eigenvalue weighted by molar-refractivity contribution is 7.58. The molecule has 1 aliphatic carbocycles. The molecule has 6 rings (SSSR count). The molecule has 0 radical (unpaired) electrons. The van der Waals surface area contributed by atoms with Crippen molar-refractivity contribution in [3.05, 3.63) is 138 Å². The molecule has 1 fully saturated rings. The van der Waals surface area contributed by atoms with Crippen LogP contribution in [0.25, 0.3) is 10.8 Å². The quantitative estimate of drug-likeness (QED) is 0.0600. The molecule has 4 aromatic carbocycles. The van der Waals surface area contributed by atoms with Gasteiger partial charge < -0.3 is 35.9 Å². The van der Waals surface area contributed by atoms with E-state index in [1.807, 2.05) is 72.8 Å². The number of fused-ring (bicyclic) bond motifs is 1. The smallest absolute Gasteiger partial charge is 0.408 e. The van der Waals surface area contributed by atoms with E-state index < -0.39 is 55.3 Å². The fourth-order valence-corrected chi connectivity index (χ4v) is 8.77. The first kappa shape index (κ1) is 40.9. The lowest BCUT2D eigenvalue weighted by Gasteiger charge is -2.31. The minimum atomic E-state index is -4.25. The van der Waals surface area contributed by atoms with E-state index in [1.54, 1.807) is 30.3 Å². The Morgan fingerprint density at radius 3 is 2.19 bits per heavy atom. The van der Waals surface area contributed by atoms with Gasteiger partial charge in [0.05, 0.1) is 12.6 Å². The fourth-order valence-electron chi connectivity index (χ4n) is 7.22. The molecule has 0 bridgehead atoms. The van der Waals surface area contributed by atoms with E-state index in [1.165, 1.54) is 12.5 Å². The van der Waals surface area contributed by atoms with E-state index in [0.717, 1.165) is 54.0 Å². The number of carbonyl (C=O) groups excluding carboxylic acids is 4. The monoisotopic (exact) mass is 792 g/mol. The van der Waals surface area contributed by atoms with Crippen LogP contribution in [-0.2, 0) is 38.3 Å². The Labute approximate surface area is 331 Å². The molecule has 1 heterocycles. The van der Waals surface area contributed by atoms with Crippen molar-refractivity contribution in [1.29, 1.82) is 0 Å². The minimum absolute atomic E-state index is 0.0183. The number of H-pyrrole nitrogens is 1. The number of aromatic amines is 1. The van der Waals surface area contributed by atoms with Crippen LogP contribution in [0, 0.1) is 5.92 Å². The van der Waals surface area contributed by atoms with E-state index in [-0.39, 0.29) is 31.8 Å². The summed E-state index contributed by atoms with van der Waals surface area (Å²) in [7, 11) is -4.25. The normalized spacial score (nSPS) is 15.7. The van der Waals surface area contributed by atoms with E-state index in [4.69, 9.17) is 4.74 Å². The number of ether oxygens (including phenoxy) is 1. The summed E-state index contributed by atoms with van der Waals surface area (Å²) in [5.41, 5.74) is 2.42. The van der Waals surface area contributed by atoms with Crippen molar-refractivity contribution >= 4 is 42.0 Å². The Balaban J connectivity index is 1.23. The molecule has 5 aromatic rings. The molecule has 1 aliphatic rings. The summed E-state index contributed by atoms with van der Waals surface area (Å²) in [6.07, 6.45) is 6.57. The van der Waals surface area contributed by atoms with Gasteiger partial charge in [0, 0.05) is 30.3 Å². The SMILES string of the molecule is O=C(NC(Cc1cccc2ccccc12)C(=O)N[C@@H](Cc1cnc[nH]1)C(=O)NC(CC1CCCCC1)P(=O)(O)CNC(=O)c1ccccc1)OCc1ccccc1. The van der Waals surface area contributed by atoms with E-state index in [9.17, 15) is 28.6 Å². The number of benzene rings is 4. The molecule has 1 saturated carbocycles. The molecule has 0 aliphatic heterocycles. The molecular formula is C43H49N6O7P. The first-order valence-corrected chi connectivity index (χ1v) is 21.2. The predicted molar refractivity (Wildman–Crippen MR) is 217 cm³/mol. The van der Waals surface area contributed by atoms with Crippen LogP contribution in [-0.4, -0.2) is 62.8 Å². The highest BCUT2D eigenvalue weighted by Crippen LogP contribution is 2.48. The summed E-state index contributed by atoms with van der Waals surface area (Å²) in [6, 6.07) is 28.5. The molecule has 4 atom stereocenters. The number of aromatic nitrogens is 2. The third kappa shape index (κ3) is 11.9. The summed E-state index contributed by atoms with van der Waals surface area (Å²) >= 11 is 0. The Morgan fingerprint density at radius 2 is 1.46 bits per heavy atom. The minimum Gasteiger partial charge on any atom is -0.445 e.